The van der Waals surface area contributed by atoms with Crippen LogP contribution in [-0.2, 0) is 0 Å². The molecule has 25 heavy (non-hydrogen) atoms. The topological polar surface area (TPSA) is 74.5 Å². The van der Waals surface area contributed by atoms with E-state index in [1.165, 1.54) is 16.8 Å². The summed E-state index contributed by atoms with van der Waals surface area (Å²) in [6.07, 6.45) is 0. The molecule has 1 aliphatic rings. The average molecular weight is 342 g/mol. The first kappa shape index (κ1) is 15.7. The highest BCUT2D eigenvalue weighted by Crippen LogP contribution is 2.16. The zero-order chi connectivity index (χ0) is 17.1. The summed E-state index contributed by atoms with van der Waals surface area (Å²) in [5, 5.41) is 18.8. The third-order valence-corrected chi connectivity index (χ3v) is 4.37. The highest BCUT2D eigenvalue weighted by Gasteiger charge is 2.16. The number of rotatable bonds is 5. The average Bonchev–Trinajstić information content (AvgIpc) is 3.11. The van der Waals surface area contributed by atoms with Crippen molar-refractivity contribution < 1.29 is 4.39 Å². The second-order valence-corrected chi connectivity index (χ2v) is 5.98. The zero-order valence-electron chi connectivity index (χ0n) is 13.7. The molecule has 0 radical (unpaired) electrons. The summed E-state index contributed by atoms with van der Waals surface area (Å²) in [4.78, 5) is 4.69. The minimum Gasteiger partial charge on any atom is -0.369 e. The Hall–Kier alpha value is -2.81. The van der Waals surface area contributed by atoms with E-state index in [9.17, 15) is 4.39 Å². The Labute approximate surface area is 144 Å². The molecule has 0 bridgehead atoms. The largest absolute Gasteiger partial charge is 0.369 e. The van der Waals surface area contributed by atoms with E-state index in [1.54, 1.807) is 0 Å². The highest BCUT2D eigenvalue weighted by molar-refractivity contribution is 5.46. The Morgan fingerprint density at radius 1 is 1.00 bits per heavy atom. The lowest BCUT2D eigenvalue weighted by molar-refractivity contribution is 0.267. The van der Waals surface area contributed by atoms with E-state index in [2.05, 4.69) is 35.7 Å². The Kier molecular flexibility index (Phi) is 4.38. The lowest BCUT2D eigenvalue weighted by atomic mass is 10.2. The molecule has 130 valence electrons. The number of nitrogens with one attached hydrogen (secondary N) is 1. The molecule has 1 aromatic carbocycles. The molecule has 8 nitrogen and oxygen atoms in total. The van der Waals surface area contributed by atoms with Gasteiger partial charge in [-0.25, -0.2) is 4.39 Å². The summed E-state index contributed by atoms with van der Waals surface area (Å²) in [5.41, 5.74) is 1.71. The van der Waals surface area contributed by atoms with Crippen LogP contribution in [0.3, 0.4) is 0 Å². The van der Waals surface area contributed by atoms with Crippen molar-refractivity contribution in [3.63, 3.8) is 0 Å². The standard InChI is InChI=1S/C16H19FN8/c17-13-1-3-14(4-2-13)24-11-9-23(10-12-24)8-7-18-15-5-6-16-19-21-22-25(16)20-15/h1-6H,7-12H2,(H,18,20). The van der Waals surface area contributed by atoms with Crippen molar-refractivity contribution in [1.29, 1.82) is 0 Å². The fourth-order valence-electron chi connectivity index (χ4n) is 2.97. The highest BCUT2D eigenvalue weighted by atomic mass is 19.1. The maximum absolute atomic E-state index is 13.0. The van der Waals surface area contributed by atoms with Gasteiger partial charge in [-0.1, -0.05) is 0 Å². The van der Waals surface area contributed by atoms with Crippen LogP contribution in [0.5, 0.6) is 0 Å². The van der Waals surface area contributed by atoms with Crippen molar-refractivity contribution in [2.24, 2.45) is 0 Å². The Balaban J connectivity index is 1.24. The number of hydrogen-bond acceptors (Lipinski definition) is 7. The number of anilines is 2. The van der Waals surface area contributed by atoms with E-state index in [4.69, 9.17) is 0 Å². The Bertz CT molecular complexity index is 826. The van der Waals surface area contributed by atoms with E-state index in [0.717, 1.165) is 50.8 Å². The molecule has 0 atom stereocenters. The number of halogens is 1. The van der Waals surface area contributed by atoms with Crippen molar-refractivity contribution in [2.75, 3.05) is 49.5 Å². The third kappa shape index (κ3) is 3.66. The lowest BCUT2D eigenvalue weighted by Crippen LogP contribution is -2.47. The van der Waals surface area contributed by atoms with Crippen LogP contribution in [0.25, 0.3) is 5.65 Å². The SMILES string of the molecule is Fc1ccc(N2CCN(CCNc3ccc4nnnn4n3)CC2)cc1. The van der Waals surface area contributed by atoms with Crippen LogP contribution in [0.4, 0.5) is 15.9 Å². The number of fused-ring (bicyclic) bond motifs is 1. The summed E-state index contributed by atoms with van der Waals surface area (Å²) in [6, 6.07) is 10.4. The molecule has 1 fully saturated rings. The van der Waals surface area contributed by atoms with Gasteiger partial charge in [-0.2, -0.15) is 0 Å². The van der Waals surface area contributed by atoms with E-state index >= 15 is 0 Å². The number of nitrogens with zero attached hydrogens (tertiary/aromatic N) is 7. The molecule has 1 aliphatic heterocycles. The quantitative estimate of drug-likeness (QED) is 0.738. The lowest BCUT2D eigenvalue weighted by Gasteiger charge is -2.36. The molecule has 0 amide bonds. The smallest absolute Gasteiger partial charge is 0.200 e. The molecule has 9 heteroatoms. The zero-order valence-corrected chi connectivity index (χ0v) is 13.7. The van der Waals surface area contributed by atoms with Gasteiger partial charge in [0.05, 0.1) is 0 Å². The number of aromatic nitrogens is 5. The number of benzene rings is 1. The van der Waals surface area contributed by atoms with Gasteiger partial charge in [-0.05, 0) is 46.8 Å². The van der Waals surface area contributed by atoms with Gasteiger partial charge in [-0.15, -0.1) is 14.8 Å². The molecule has 2 aromatic heterocycles. The van der Waals surface area contributed by atoms with Crippen molar-refractivity contribution >= 4 is 17.2 Å². The van der Waals surface area contributed by atoms with Gasteiger partial charge in [0, 0.05) is 45.0 Å². The summed E-state index contributed by atoms with van der Waals surface area (Å²) in [5.74, 6) is 0.562. The normalized spacial score (nSPS) is 15.6. The van der Waals surface area contributed by atoms with Gasteiger partial charge in [0.2, 0.25) is 0 Å². The van der Waals surface area contributed by atoms with E-state index in [0.29, 0.717) is 5.65 Å². The fourth-order valence-corrected chi connectivity index (χ4v) is 2.97. The van der Waals surface area contributed by atoms with Crippen LogP contribution >= 0.6 is 0 Å². The Morgan fingerprint density at radius 2 is 1.80 bits per heavy atom. The van der Waals surface area contributed by atoms with E-state index in [-0.39, 0.29) is 5.82 Å². The molecule has 1 saturated heterocycles. The van der Waals surface area contributed by atoms with Crippen LogP contribution < -0.4 is 10.2 Å². The molecule has 0 unspecified atom stereocenters. The van der Waals surface area contributed by atoms with Crippen LogP contribution in [0.2, 0.25) is 0 Å². The molecule has 0 saturated carbocycles. The first-order valence-corrected chi connectivity index (χ1v) is 8.30. The monoisotopic (exact) mass is 342 g/mol. The molecule has 1 N–H and O–H groups in total. The molecule has 0 aliphatic carbocycles. The first-order valence-electron chi connectivity index (χ1n) is 8.30. The van der Waals surface area contributed by atoms with Gasteiger partial charge in [0.25, 0.3) is 0 Å². The maximum Gasteiger partial charge on any atom is 0.200 e. The summed E-state index contributed by atoms with van der Waals surface area (Å²) in [7, 11) is 0. The first-order chi connectivity index (χ1) is 12.3. The predicted octanol–water partition coefficient (Wildman–Crippen LogP) is 0.892. The maximum atomic E-state index is 13.0. The number of piperazine rings is 1. The van der Waals surface area contributed by atoms with E-state index in [1.807, 2.05) is 24.3 Å². The second kappa shape index (κ2) is 6.98. The molecule has 3 heterocycles. The van der Waals surface area contributed by atoms with Gasteiger partial charge in [-0.3, -0.25) is 4.90 Å². The molecule has 0 spiro atoms. The summed E-state index contributed by atoms with van der Waals surface area (Å²) in [6.45, 7) is 5.60. The number of tetrazole rings is 1. The van der Waals surface area contributed by atoms with Crippen molar-refractivity contribution in [2.45, 2.75) is 0 Å². The Morgan fingerprint density at radius 3 is 2.60 bits per heavy atom. The van der Waals surface area contributed by atoms with Crippen molar-refractivity contribution in [3.8, 4) is 0 Å². The molecule has 4 rings (SSSR count). The minimum absolute atomic E-state index is 0.193. The van der Waals surface area contributed by atoms with Gasteiger partial charge in [0.1, 0.15) is 11.6 Å². The minimum atomic E-state index is -0.193. The van der Waals surface area contributed by atoms with Gasteiger partial charge >= 0.3 is 0 Å². The van der Waals surface area contributed by atoms with E-state index < -0.39 is 0 Å². The van der Waals surface area contributed by atoms with Crippen LogP contribution in [0, 0.1) is 5.82 Å². The van der Waals surface area contributed by atoms with Gasteiger partial charge < -0.3 is 10.2 Å². The summed E-state index contributed by atoms with van der Waals surface area (Å²) < 4.78 is 14.4. The molecule has 3 aromatic rings. The number of hydrogen-bond donors (Lipinski definition) is 1. The van der Waals surface area contributed by atoms with Crippen LogP contribution in [0.15, 0.2) is 36.4 Å². The van der Waals surface area contributed by atoms with Crippen molar-refractivity contribution in [3.05, 3.63) is 42.2 Å². The second-order valence-electron chi connectivity index (χ2n) is 5.98. The molecular weight excluding hydrogens is 323 g/mol. The van der Waals surface area contributed by atoms with Gasteiger partial charge in [0.15, 0.2) is 5.65 Å². The van der Waals surface area contributed by atoms with Crippen LogP contribution in [-0.4, -0.2) is 69.4 Å². The predicted molar refractivity (Wildman–Crippen MR) is 92.1 cm³/mol. The summed E-state index contributed by atoms with van der Waals surface area (Å²) >= 11 is 0. The molecular formula is C16H19FN8. The fraction of sp³-hybridized carbons (Fsp3) is 0.375. The van der Waals surface area contributed by atoms with Crippen molar-refractivity contribution in [1.82, 2.24) is 30.2 Å². The van der Waals surface area contributed by atoms with Crippen LogP contribution in [0.1, 0.15) is 0 Å². The third-order valence-electron chi connectivity index (χ3n) is 4.37.